The predicted octanol–water partition coefficient (Wildman–Crippen LogP) is 1.16. The molecule has 0 aliphatic heterocycles. The molecular weight excluding hydrogens is 310 g/mol. The highest BCUT2D eigenvalue weighted by molar-refractivity contribution is 6.04. The molecule has 2 aromatic rings. The maximum Gasteiger partial charge on any atom is 0.255 e. The summed E-state index contributed by atoms with van der Waals surface area (Å²) in [6.07, 6.45) is 0. The SMILES string of the molecule is CNC(=O)c1ccc(NC(=O)c2ccc(OCC(N)=O)cc2)cc1. The van der Waals surface area contributed by atoms with Gasteiger partial charge in [-0.15, -0.1) is 0 Å². The smallest absolute Gasteiger partial charge is 0.255 e. The Morgan fingerprint density at radius 2 is 1.46 bits per heavy atom. The van der Waals surface area contributed by atoms with E-state index in [-0.39, 0.29) is 18.4 Å². The molecule has 124 valence electrons. The number of hydrogen-bond donors (Lipinski definition) is 3. The molecule has 4 N–H and O–H groups in total. The number of primary amides is 1. The highest BCUT2D eigenvalue weighted by Crippen LogP contribution is 2.15. The summed E-state index contributed by atoms with van der Waals surface area (Å²) < 4.78 is 5.12. The predicted molar refractivity (Wildman–Crippen MR) is 88.9 cm³/mol. The first-order valence-corrected chi connectivity index (χ1v) is 7.14. The third kappa shape index (κ3) is 4.57. The zero-order chi connectivity index (χ0) is 17.5. The van der Waals surface area contributed by atoms with E-state index in [9.17, 15) is 14.4 Å². The van der Waals surface area contributed by atoms with Crippen molar-refractivity contribution in [3.63, 3.8) is 0 Å². The third-order valence-corrected chi connectivity index (χ3v) is 3.13. The zero-order valence-corrected chi connectivity index (χ0v) is 13.0. The number of ether oxygens (including phenoxy) is 1. The van der Waals surface area contributed by atoms with Gasteiger partial charge in [0.1, 0.15) is 5.75 Å². The van der Waals surface area contributed by atoms with E-state index in [2.05, 4.69) is 10.6 Å². The fraction of sp³-hybridized carbons (Fsp3) is 0.118. The van der Waals surface area contributed by atoms with E-state index in [1.807, 2.05) is 0 Å². The van der Waals surface area contributed by atoms with Gasteiger partial charge in [0, 0.05) is 23.9 Å². The monoisotopic (exact) mass is 327 g/mol. The number of amides is 3. The van der Waals surface area contributed by atoms with E-state index in [1.54, 1.807) is 55.6 Å². The summed E-state index contributed by atoms with van der Waals surface area (Å²) in [6.45, 7) is -0.219. The van der Waals surface area contributed by atoms with Gasteiger partial charge in [-0.25, -0.2) is 0 Å². The number of nitrogens with two attached hydrogens (primary N) is 1. The summed E-state index contributed by atoms with van der Waals surface area (Å²) in [6, 6.07) is 12.8. The van der Waals surface area contributed by atoms with Gasteiger partial charge in [-0.1, -0.05) is 0 Å². The van der Waals surface area contributed by atoms with Crippen LogP contribution < -0.4 is 21.1 Å². The van der Waals surface area contributed by atoms with Gasteiger partial charge in [-0.05, 0) is 48.5 Å². The van der Waals surface area contributed by atoms with E-state index >= 15 is 0 Å². The second-order valence-corrected chi connectivity index (χ2v) is 4.89. The molecule has 2 rings (SSSR count). The maximum atomic E-state index is 12.2. The van der Waals surface area contributed by atoms with E-state index < -0.39 is 5.91 Å². The minimum Gasteiger partial charge on any atom is -0.484 e. The van der Waals surface area contributed by atoms with Gasteiger partial charge in [0.25, 0.3) is 17.7 Å². The van der Waals surface area contributed by atoms with Gasteiger partial charge in [-0.2, -0.15) is 0 Å². The normalized spacial score (nSPS) is 9.88. The van der Waals surface area contributed by atoms with Crippen LogP contribution in [0.5, 0.6) is 5.75 Å². The second-order valence-electron chi connectivity index (χ2n) is 4.89. The Bertz CT molecular complexity index is 739. The van der Waals surface area contributed by atoms with Crippen molar-refractivity contribution in [2.24, 2.45) is 5.73 Å². The lowest BCUT2D eigenvalue weighted by Gasteiger charge is -2.08. The highest BCUT2D eigenvalue weighted by Gasteiger charge is 2.08. The standard InChI is InChI=1S/C17H17N3O4/c1-19-16(22)11-2-6-13(7-3-11)20-17(23)12-4-8-14(9-5-12)24-10-15(18)21/h2-9H,10H2,1H3,(H2,18,21)(H,19,22)(H,20,23). The molecule has 3 amide bonds. The van der Waals surface area contributed by atoms with Gasteiger partial charge >= 0.3 is 0 Å². The molecule has 0 aromatic heterocycles. The van der Waals surface area contributed by atoms with Crippen molar-refractivity contribution in [3.8, 4) is 5.75 Å². The first kappa shape index (κ1) is 17.0. The van der Waals surface area contributed by atoms with Crippen LogP contribution in [0.15, 0.2) is 48.5 Å². The van der Waals surface area contributed by atoms with Crippen LogP contribution in [0.25, 0.3) is 0 Å². The van der Waals surface area contributed by atoms with Crippen LogP contribution in [0.3, 0.4) is 0 Å². The van der Waals surface area contributed by atoms with Crippen molar-refractivity contribution in [2.75, 3.05) is 19.0 Å². The lowest BCUT2D eigenvalue weighted by molar-refractivity contribution is -0.119. The van der Waals surface area contributed by atoms with Crippen molar-refractivity contribution in [1.82, 2.24) is 5.32 Å². The number of rotatable bonds is 6. The Labute approximate surface area is 138 Å². The van der Waals surface area contributed by atoms with Gasteiger partial charge in [0.05, 0.1) is 0 Å². The lowest BCUT2D eigenvalue weighted by Crippen LogP contribution is -2.20. The molecule has 0 fully saturated rings. The summed E-state index contributed by atoms with van der Waals surface area (Å²) in [5, 5.41) is 5.25. The molecule has 24 heavy (non-hydrogen) atoms. The van der Waals surface area contributed by atoms with Crippen LogP contribution in [0.4, 0.5) is 5.69 Å². The summed E-state index contributed by atoms with van der Waals surface area (Å²) in [4.78, 5) is 34.3. The lowest BCUT2D eigenvalue weighted by atomic mass is 10.1. The Kier molecular flexibility index (Phi) is 5.51. The van der Waals surface area contributed by atoms with Gasteiger partial charge in [0.15, 0.2) is 6.61 Å². The number of nitrogens with one attached hydrogen (secondary N) is 2. The second kappa shape index (κ2) is 7.77. The molecule has 0 heterocycles. The maximum absolute atomic E-state index is 12.2. The van der Waals surface area contributed by atoms with Crippen LogP contribution in [0, 0.1) is 0 Å². The Hall–Kier alpha value is -3.35. The minimum absolute atomic E-state index is 0.195. The fourth-order valence-electron chi connectivity index (χ4n) is 1.91. The van der Waals surface area contributed by atoms with Gasteiger partial charge in [-0.3, -0.25) is 14.4 Å². The van der Waals surface area contributed by atoms with E-state index in [4.69, 9.17) is 10.5 Å². The van der Waals surface area contributed by atoms with Crippen molar-refractivity contribution in [1.29, 1.82) is 0 Å². The number of hydrogen-bond acceptors (Lipinski definition) is 4. The van der Waals surface area contributed by atoms with Crippen LogP contribution in [-0.4, -0.2) is 31.4 Å². The van der Waals surface area contributed by atoms with Crippen LogP contribution in [-0.2, 0) is 4.79 Å². The molecule has 0 saturated carbocycles. The molecule has 0 bridgehead atoms. The highest BCUT2D eigenvalue weighted by atomic mass is 16.5. The molecule has 0 atom stereocenters. The quantitative estimate of drug-likeness (QED) is 0.739. The molecule has 0 unspecified atom stereocenters. The minimum atomic E-state index is -0.572. The Morgan fingerprint density at radius 1 is 0.917 bits per heavy atom. The Balaban J connectivity index is 1.99. The molecule has 0 aliphatic carbocycles. The van der Waals surface area contributed by atoms with Crippen molar-refractivity contribution in [2.45, 2.75) is 0 Å². The van der Waals surface area contributed by atoms with Gasteiger partial charge < -0.3 is 21.1 Å². The third-order valence-electron chi connectivity index (χ3n) is 3.13. The molecule has 0 spiro atoms. The van der Waals surface area contributed by atoms with Crippen LogP contribution in [0.2, 0.25) is 0 Å². The van der Waals surface area contributed by atoms with Crippen molar-refractivity contribution in [3.05, 3.63) is 59.7 Å². The van der Waals surface area contributed by atoms with E-state index in [0.717, 1.165) is 0 Å². The zero-order valence-electron chi connectivity index (χ0n) is 13.0. The molecular formula is C17H17N3O4. The molecule has 7 heteroatoms. The number of benzene rings is 2. The van der Waals surface area contributed by atoms with Gasteiger partial charge in [0.2, 0.25) is 0 Å². The first-order valence-electron chi connectivity index (χ1n) is 7.14. The number of carbonyl (C=O) groups is 3. The van der Waals surface area contributed by atoms with Crippen molar-refractivity contribution >= 4 is 23.4 Å². The average molecular weight is 327 g/mol. The summed E-state index contributed by atoms with van der Waals surface area (Å²) in [5.41, 5.74) is 6.49. The largest absolute Gasteiger partial charge is 0.484 e. The van der Waals surface area contributed by atoms with E-state index in [0.29, 0.717) is 22.6 Å². The van der Waals surface area contributed by atoms with E-state index in [1.165, 1.54) is 0 Å². The molecule has 0 radical (unpaired) electrons. The molecule has 0 aliphatic rings. The number of carbonyl (C=O) groups excluding carboxylic acids is 3. The fourth-order valence-corrected chi connectivity index (χ4v) is 1.91. The van der Waals surface area contributed by atoms with Crippen LogP contribution >= 0.6 is 0 Å². The average Bonchev–Trinajstić information content (AvgIpc) is 2.60. The summed E-state index contributed by atoms with van der Waals surface area (Å²) >= 11 is 0. The summed E-state index contributed by atoms with van der Waals surface area (Å²) in [5.74, 6) is -0.624. The summed E-state index contributed by atoms with van der Waals surface area (Å²) in [7, 11) is 1.55. The van der Waals surface area contributed by atoms with Crippen LogP contribution in [0.1, 0.15) is 20.7 Å². The number of anilines is 1. The molecule has 2 aromatic carbocycles. The Morgan fingerprint density at radius 3 is 2.00 bits per heavy atom. The molecule has 0 saturated heterocycles. The topological polar surface area (TPSA) is 111 Å². The first-order chi connectivity index (χ1) is 11.5. The molecule has 7 nitrogen and oxygen atoms in total. The van der Waals surface area contributed by atoms with Crippen molar-refractivity contribution < 1.29 is 19.1 Å².